The van der Waals surface area contributed by atoms with Gasteiger partial charge in [-0.2, -0.15) is 0 Å². The van der Waals surface area contributed by atoms with E-state index in [1.807, 2.05) is 18.2 Å². The molecule has 0 aromatic heterocycles. The minimum Gasteiger partial charge on any atom is -0.381 e. The molecule has 1 fully saturated rings. The average molecular weight is 342 g/mol. The van der Waals surface area contributed by atoms with Gasteiger partial charge in [-0.15, -0.1) is 12.4 Å². The molecule has 2 amide bonds. The molecule has 1 atom stereocenters. The van der Waals surface area contributed by atoms with Gasteiger partial charge in [0.25, 0.3) is 0 Å². The highest BCUT2D eigenvalue weighted by Gasteiger charge is 2.26. The predicted molar refractivity (Wildman–Crippen MR) is 91.4 cm³/mol. The molecule has 1 unspecified atom stereocenters. The van der Waals surface area contributed by atoms with Crippen LogP contribution in [-0.2, 0) is 20.9 Å². The number of ether oxygens (including phenoxy) is 1. The number of carbonyl (C=O) groups is 2. The van der Waals surface area contributed by atoms with Gasteiger partial charge in [0.2, 0.25) is 11.8 Å². The van der Waals surface area contributed by atoms with Crippen LogP contribution >= 0.6 is 12.4 Å². The molecule has 1 aliphatic rings. The highest BCUT2D eigenvalue weighted by Crippen LogP contribution is 2.18. The second-order valence-electron chi connectivity index (χ2n) is 5.57. The summed E-state index contributed by atoms with van der Waals surface area (Å²) in [5, 5.41) is 5.58. The second-order valence-corrected chi connectivity index (χ2v) is 5.57. The Hall–Kier alpha value is -1.63. The summed E-state index contributed by atoms with van der Waals surface area (Å²) in [6.45, 7) is 3.19. The number of rotatable bonds is 5. The van der Waals surface area contributed by atoms with Crippen LogP contribution in [0.3, 0.4) is 0 Å². The van der Waals surface area contributed by atoms with Gasteiger partial charge in [0.05, 0.1) is 6.04 Å². The fourth-order valence-corrected chi connectivity index (χ4v) is 2.56. The highest BCUT2D eigenvalue weighted by molar-refractivity contribution is 5.88. The van der Waals surface area contributed by atoms with Gasteiger partial charge in [-0.25, -0.2) is 0 Å². The number of nitrogens with two attached hydrogens (primary N) is 1. The third-order valence-electron chi connectivity index (χ3n) is 3.79. The zero-order chi connectivity index (χ0) is 15.9. The number of amides is 2. The molecule has 23 heavy (non-hydrogen) atoms. The van der Waals surface area contributed by atoms with Gasteiger partial charge in [0, 0.05) is 32.4 Å². The average Bonchev–Trinajstić information content (AvgIpc) is 2.52. The summed E-state index contributed by atoms with van der Waals surface area (Å²) < 4.78 is 5.28. The van der Waals surface area contributed by atoms with Gasteiger partial charge in [-0.1, -0.05) is 12.1 Å². The molecule has 7 heteroatoms. The molecule has 4 N–H and O–H groups in total. The van der Waals surface area contributed by atoms with Gasteiger partial charge < -0.3 is 21.1 Å². The summed E-state index contributed by atoms with van der Waals surface area (Å²) in [5.74, 6) is -0.0842. The van der Waals surface area contributed by atoms with E-state index in [9.17, 15) is 9.59 Å². The standard InChI is InChI=1S/C16H23N3O3.ClH/c1-11(20)19-14-4-2-3-12(9-14)10-18-16(21)15(17)13-5-7-22-8-6-13;/h2-4,9,13,15H,5-8,10,17H2,1H3,(H,18,21)(H,19,20);1H. The first kappa shape index (κ1) is 19.4. The number of anilines is 1. The van der Waals surface area contributed by atoms with E-state index in [1.54, 1.807) is 6.07 Å². The number of nitrogens with one attached hydrogen (secondary N) is 2. The SMILES string of the molecule is CC(=O)Nc1cccc(CNC(=O)C(N)C2CCOCC2)c1.Cl. The lowest BCUT2D eigenvalue weighted by atomic mass is 9.92. The third kappa shape index (κ3) is 6.17. The van der Waals surface area contributed by atoms with Crippen molar-refractivity contribution in [2.24, 2.45) is 11.7 Å². The highest BCUT2D eigenvalue weighted by atomic mass is 35.5. The number of carbonyl (C=O) groups excluding carboxylic acids is 2. The van der Waals surface area contributed by atoms with E-state index < -0.39 is 6.04 Å². The van der Waals surface area contributed by atoms with E-state index in [4.69, 9.17) is 10.5 Å². The van der Waals surface area contributed by atoms with Gasteiger partial charge in [0.1, 0.15) is 0 Å². The van der Waals surface area contributed by atoms with Crippen LogP contribution in [-0.4, -0.2) is 31.1 Å². The largest absolute Gasteiger partial charge is 0.381 e. The number of benzene rings is 1. The van der Waals surface area contributed by atoms with Crippen LogP contribution < -0.4 is 16.4 Å². The molecule has 1 aliphatic heterocycles. The van der Waals surface area contributed by atoms with Crippen LogP contribution in [0.15, 0.2) is 24.3 Å². The maximum atomic E-state index is 12.1. The second kappa shape index (κ2) is 9.50. The summed E-state index contributed by atoms with van der Waals surface area (Å²) in [6, 6.07) is 6.88. The zero-order valence-electron chi connectivity index (χ0n) is 13.2. The number of hydrogen-bond donors (Lipinski definition) is 3. The van der Waals surface area contributed by atoms with E-state index in [-0.39, 0.29) is 30.1 Å². The van der Waals surface area contributed by atoms with E-state index >= 15 is 0 Å². The van der Waals surface area contributed by atoms with Crippen LogP contribution in [0.25, 0.3) is 0 Å². The first-order valence-corrected chi connectivity index (χ1v) is 7.54. The van der Waals surface area contributed by atoms with Crippen molar-refractivity contribution in [1.82, 2.24) is 5.32 Å². The molecule has 0 radical (unpaired) electrons. The molecule has 0 aliphatic carbocycles. The molecular weight excluding hydrogens is 318 g/mol. The molecule has 6 nitrogen and oxygen atoms in total. The smallest absolute Gasteiger partial charge is 0.237 e. The molecule has 1 saturated heterocycles. The lowest BCUT2D eigenvalue weighted by Crippen LogP contribution is -2.46. The molecule has 0 saturated carbocycles. The van der Waals surface area contributed by atoms with Gasteiger partial charge in [0.15, 0.2) is 0 Å². The Balaban J connectivity index is 0.00000264. The molecule has 128 valence electrons. The first-order valence-electron chi connectivity index (χ1n) is 7.54. The number of hydrogen-bond acceptors (Lipinski definition) is 4. The normalized spacial score (nSPS) is 16.1. The van der Waals surface area contributed by atoms with Crippen molar-refractivity contribution in [3.8, 4) is 0 Å². The lowest BCUT2D eigenvalue weighted by Gasteiger charge is -2.26. The topological polar surface area (TPSA) is 93.5 Å². The monoisotopic (exact) mass is 341 g/mol. The lowest BCUT2D eigenvalue weighted by molar-refractivity contribution is -0.124. The van der Waals surface area contributed by atoms with Crippen LogP contribution in [0.4, 0.5) is 5.69 Å². The quantitative estimate of drug-likeness (QED) is 0.755. The fraction of sp³-hybridized carbons (Fsp3) is 0.500. The molecule has 1 aromatic rings. The molecule has 1 heterocycles. The summed E-state index contributed by atoms with van der Waals surface area (Å²) in [7, 11) is 0. The molecule has 0 bridgehead atoms. The summed E-state index contributed by atoms with van der Waals surface area (Å²) in [6.07, 6.45) is 1.65. The maximum absolute atomic E-state index is 12.1. The van der Waals surface area contributed by atoms with Gasteiger partial charge in [-0.3, -0.25) is 9.59 Å². The Morgan fingerprint density at radius 2 is 2.04 bits per heavy atom. The first-order chi connectivity index (χ1) is 10.6. The van der Waals surface area contributed by atoms with E-state index in [0.29, 0.717) is 25.4 Å². The van der Waals surface area contributed by atoms with Crippen molar-refractivity contribution in [2.75, 3.05) is 18.5 Å². The van der Waals surface area contributed by atoms with E-state index in [0.717, 1.165) is 18.4 Å². The fourth-order valence-electron chi connectivity index (χ4n) is 2.56. The van der Waals surface area contributed by atoms with E-state index in [2.05, 4.69) is 10.6 Å². The van der Waals surface area contributed by atoms with Gasteiger partial charge >= 0.3 is 0 Å². The van der Waals surface area contributed by atoms with Crippen LogP contribution in [0.1, 0.15) is 25.3 Å². The van der Waals surface area contributed by atoms with Crippen molar-refractivity contribution in [3.63, 3.8) is 0 Å². The molecule has 2 rings (SSSR count). The van der Waals surface area contributed by atoms with Crippen LogP contribution in [0, 0.1) is 5.92 Å². The van der Waals surface area contributed by atoms with Crippen molar-refractivity contribution in [3.05, 3.63) is 29.8 Å². The van der Waals surface area contributed by atoms with Crippen LogP contribution in [0.2, 0.25) is 0 Å². The Labute approximate surface area is 142 Å². The Morgan fingerprint density at radius 3 is 2.70 bits per heavy atom. The van der Waals surface area contributed by atoms with Crippen LogP contribution in [0.5, 0.6) is 0 Å². The summed E-state index contributed by atoms with van der Waals surface area (Å²) in [4.78, 5) is 23.2. The number of halogens is 1. The molecule has 1 aromatic carbocycles. The summed E-state index contributed by atoms with van der Waals surface area (Å²) in [5.41, 5.74) is 7.66. The minimum absolute atomic E-state index is 0. The van der Waals surface area contributed by atoms with Gasteiger partial charge in [-0.05, 0) is 36.5 Å². The minimum atomic E-state index is -0.498. The third-order valence-corrected chi connectivity index (χ3v) is 3.79. The Bertz CT molecular complexity index is 533. The van der Waals surface area contributed by atoms with Crippen molar-refractivity contribution in [1.29, 1.82) is 0 Å². The van der Waals surface area contributed by atoms with E-state index in [1.165, 1.54) is 6.92 Å². The predicted octanol–water partition coefficient (Wildman–Crippen LogP) is 1.44. The van der Waals surface area contributed by atoms with Crippen molar-refractivity contribution >= 4 is 29.9 Å². The molecule has 0 spiro atoms. The zero-order valence-corrected chi connectivity index (χ0v) is 14.0. The Morgan fingerprint density at radius 1 is 1.35 bits per heavy atom. The Kier molecular flexibility index (Phi) is 8.02. The van der Waals surface area contributed by atoms with Crippen molar-refractivity contribution in [2.45, 2.75) is 32.4 Å². The maximum Gasteiger partial charge on any atom is 0.237 e. The summed E-state index contributed by atoms with van der Waals surface area (Å²) >= 11 is 0. The molecular formula is C16H24ClN3O3. The van der Waals surface area contributed by atoms with Crippen molar-refractivity contribution < 1.29 is 14.3 Å².